The van der Waals surface area contributed by atoms with Crippen molar-refractivity contribution in [3.8, 4) is 11.3 Å². The number of benzene rings is 1. The number of amides is 1. The van der Waals surface area contributed by atoms with Crippen molar-refractivity contribution in [3.05, 3.63) is 73.9 Å². The van der Waals surface area contributed by atoms with E-state index in [1.54, 1.807) is 11.0 Å². The number of hydrogen-bond acceptors (Lipinski definition) is 4. The third kappa shape index (κ3) is 2.97. The van der Waals surface area contributed by atoms with Gasteiger partial charge in [-0.2, -0.15) is 5.10 Å². The van der Waals surface area contributed by atoms with Crippen molar-refractivity contribution in [2.75, 3.05) is 6.54 Å². The molecule has 6 rings (SSSR count). The maximum atomic E-state index is 13.3. The highest BCUT2D eigenvalue weighted by atomic mass is 35.5. The fourth-order valence-electron chi connectivity index (χ4n) is 4.78. The van der Waals surface area contributed by atoms with Crippen molar-refractivity contribution < 1.29 is 4.79 Å². The van der Waals surface area contributed by atoms with Crippen molar-refractivity contribution in [1.29, 1.82) is 0 Å². The number of hydrogen-bond donors (Lipinski definition) is 2. The molecule has 32 heavy (non-hydrogen) atoms. The molecule has 9 heteroatoms. The van der Waals surface area contributed by atoms with Gasteiger partial charge in [0.15, 0.2) is 11.3 Å². The maximum absolute atomic E-state index is 13.3. The van der Waals surface area contributed by atoms with Gasteiger partial charge >= 0.3 is 0 Å². The van der Waals surface area contributed by atoms with E-state index in [-0.39, 0.29) is 18.0 Å². The summed E-state index contributed by atoms with van der Waals surface area (Å²) in [6.45, 7) is 0.739. The van der Waals surface area contributed by atoms with Crippen LogP contribution in [0.4, 0.5) is 0 Å². The first-order chi connectivity index (χ1) is 15.6. The zero-order valence-electron chi connectivity index (χ0n) is 17.3. The van der Waals surface area contributed by atoms with E-state index < -0.39 is 0 Å². The van der Waals surface area contributed by atoms with Crippen LogP contribution in [-0.4, -0.2) is 42.1 Å². The second-order valence-electron chi connectivity index (χ2n) is 8.40. The van der Waals surface area contributed by atoms with Crippen LogP contribution in [0.2, 0.25) is 5.02 Å². The number of nitrogens with zero attached hydrogens (tertiary/aromatic N) is 4. The molecule has 0 bridgehead atoms. The van der Waals surface area contributed by atoms with Gasteiger partial charge < -0.3 is 4.90 Å². The molecule has 3 aromatic heterocycles. The zero-order chi connectivity index (χ0) is 21.8. The monoisotopic (exact) mass is 448 g/mol. The number of H-pyrrole nitrogens is 2. The Morgan fingerprint density at radius 3 is 2.81 bits per heavy atom. The summed E-state index contributed by atoms with van der Waals surface area (Å²) in [5.41, 5.74) is 5.76. The first-order valence-electron chi connectivity index (χ1n) is 10.8. The van der Waals surface area contributed by atoms with Gasteiger partial charge in [0.25, 0.3) is 11.5 Å². The topological polar surface area (TPSA) is 99.2 Å². The van der Waals surface area contributed by atoms with Gasteiger partial charge in [0.05, 0.1) is 23.5 Å². The van der Waals surface area contributed by atoms with E-state index in [4.69, 9.17) is 16.6 Å². The molecule has 1 aromatic carbocycles. The largest absolute Gasteiger partial charge is 0.332 e. The normalized spacial score (nSPS) is 15.6. The summed E-state index contributed by atoms with van der Waals surface area (Å²) in [5, 5.41) is 11.1. The third-order valence-corrected chi connectivity index (χ3v) is 6.80. The average molecular weight is 449 g/mol. The lowest BCUT2D eigenvalue weighted by Crippen LogP contribution is -2.40. The Kier molecular flexibility index (Phi) is 4.43. The molecule has 8 nitrogen and oxygen atoms in total. The van der Waals surface area contributed by atoms with Gasteiger partial charge in [-0.3, -0.25) is 19.8 Å². The summed E-state index contributed by atoms with van der Waals surface area (Å²) < 4.78 is 1.43. The third-order valence-electron chi connectivity index (χ3n) is 6.47. The van der Waals surface area contributed by atoms with E-state index in [9.17, 15) is 9.59 Å². The lowest BCUT2D eigenvalue weighted by molar-refractivity contribution is 0.0725. The van der Waals surface area contributed by atoms with Crippen molar-refractivity contribution >= 4 is 23.2 Å². The van der Waals surface area contributed by atoms with Crippen LogP contribution in [-0.2, 0) is 25.8 Å². The highest BCUT2D eigenvalue weighted by Crippen LogP contribution is 2.28. The predicted molar refractivity (Wildman–Crippen MR) is 120 cm³/mol. The molecule has 0 fully saturated rings. The summed E-state index contributed by atoms with van der Waals surface area (Å²) in [4.78, 5) is 32.9. The Hall–Kier alpha value is -3.39. The van der Waals surface area contributed by atoms with Crippen molar-refractivity contribution in [2.45, 2.75) is 38.6 Å². The number of aryl methyl sites for hydroxylation is 1. The van der Waals surface area contributed by atoms with Crippen molar-refractivity contribution in [2.24, 2.45) is 0 Å². The molecule has 1 aliphatic carbocycles. The number of nitrogens with one attached hydrogen (secondary N) is 2. The first-order valence-corrected chi connectivity index (χ1v) is 11.2. The van der Waals surface area contributed by atoms with E-state index in [2.05, 4.69) is 15.3 Å². The van der Waals surface area contributed by atoms with Gasteiger partial charge in [0.2, 0.25) is 0 Å². The summed E-state index contributed by atoms with van der Waals surface area (Å²) in [7, 11) is 0. The molecule has 0 atom stereocenters. The van der Waals surface area contributed by atoms with Crippen LogP contribution in [0.1, 0.15) is 45.8 Å². The fraction of sp³-hybridized carbons (Fsp3) is 0.304. The number of carbonyl (C=O) groups excluding carboxylic acids is 1. The standard InChI is InChI=1S/C23H21ClN6O2/c24-16-7-3-1-5-13(16)19-11-20-25-17-9-10-29(12-15(17)22(31)30(20)28-19)23(32)21-14-6-2-4-8-18(14)26-27-21/h1,3,5,7,11,28H,2,4,6,8-10,12H2,(H,26,27). The first kappa shape index (κ1) is 19.3. The maximum Gasteiger partial charge on any atom is 0.277 e. The van der Waals surface area contributed by atoms with Crippen LogP contribution >= 0.6 is 11.6 Å². The van der Waals surface area contributed by atoms with E-state index in [0.717, 1.165) is 53.9 Å². The lowest BCUT2D eigenvalue weighted by atomic mass is 9.95. The molecule has 1 amide bonds. The minimum atomic E-state index is -0.190. The Morgan fingerprint density at radius 2 is 1.94 bits per heavy atom. The smallest absolute Gasteiger partial charge is 0.277 e. The van der Waals surface area contributed by atoms with Gasteiger partial charge in [-0.1, -0.05) is 29.8 Å². The number of aromatic nitrogens is 5. The number of carbonyl (C=O) groups is 1. The summed E-state index contributed by atoms with van der Waals surface area (Å²) in [6.07, 6.45) is 4.52. The van der Waals surface area contributed by atoms with E-state index in [1.165, 1.54) is 4.52 Å². The number of fused-ring (bicyclic) bond motifs is 3. The van der Waals surface area contributed by atoms with Crippen LogP contribution in [0, 0.1) is 0 Å². The van der Waals surface area contributed by atoms with Crippen LogP contribution < -0.4 is 5.56 Å². The molecule has 0 saturated carbocycles. The molecule has 4 heterocycles. The van der Waals surface area contributed by atoms with Gasteiger partial charge in [-0.05, 0) is 31.7 Å². The molecular formula is C23H21ClN6O2. The van der Waals surface area contributed by atoms with Crippen LogP contribution in [0.25, 0.3) is 16.9 Å². The SMILES string of the molecule is O=C(c1n[nH]c2c1CCCC2)N1CCc2nc3cc(-c4ccccc4Cl)[nH]n3c(=O)c2C1. The second-order valence-corrected chi connectivity index (χ2v) is 8.81. The summed E-state index contributed by atoms with van der Waals surface area (Å²) in [5.74, 6) is -0.122. The number of halogens is 1. The molecule has 0 radical (unpaired) electrons. The van der Waals surface area contributed by atoms with Crippen LogP contribution in [0.5, 0.6) is 0 Å². The fourth-order valence-corrected chi connectivity index (χ4v) is 5.02. The lowest BCUT2D eigenvalue weighted by Gasteiger charge is -2.27. The predicted octanol–water partition coefficient (Wildman–Crippen LogP) is 3.14. The Morgan fingerprint density at radius 1 is 1.09 bits per heavy atom. The summed E-state index contributed by atoms with van der Waals surface area (Å²) in [6, 6.07) is 9.28. The molecule has 2 aliphatic rings. The molecule has 0 spiro atoms. The molecule has 1 aliphatic heterocycles. The Bertz CT molecular complexity index is 1430. The molecule has 162 valence electrons. The van der Waals surface area contributed by atoms with Gasteiger partial charge in [-0.25, -0.2) is 9.50 Å². The molecule has 0 unspecified atom stereocenters. The summed E-state index contributed by atoms with van der Waals surface area (Å²) >= 11 is 6.33. The molecule has 0 saturated heterocycles. The quantitative estimate of drug-likeness (QED) is 0.492. The zero-order valence-corrected chi connectivity index (χ0v) is 18.1. The Labute approximate surface area is 188 Å². The highest BCUT2D eigenvalue weighted by Gasteiger charge is 2.30. The van der Waals surface area contributed by atoms with Crippen molar-refractivity contribution in [3.63, 3.8) is 0 Å². The van der Waals surface area contributed by atoms with Gasteiger partial charge in [-0.15, -0.1) is 0 Å². The van der Waals surface area contributed by atoms with E-state index in [0.29, 0.717) is 34.9 Å². The van der Waals surface area contributed by atoms with E-state index >= 15 is 0 Å². The number of rotatable bonds is 2. The molecule has 4 aromatic rings. The van der Waals surface area contributed by atoms with Gasteiger partial charge in [0.1, 0.15) is 0 Å². The van der Waals surface area contributed by atoms with Crippen molar-refractivity contribution in [1.82, 2.24) is 29.7 Å². The highest BCUT2D eigenvalue weighted by molar-refractivity contribution is 6.33. The average Bonchev–Trinajstić information content (AvgIpc) is 3.43. The minimum Gasteiger partial charge on any atom is -0.332 e. The van der Waals surface area contributed by atoms with Crippen LogP contribution in [0.3, 0.4) is 0 Å². The Balaban J connectivity index is 1.36. The number of aromatic amines is 2. The van der Waals surface area contributed by atoms with Gasteiger partial charge in [0, 0.05) is 40.9 Å². The minimum absolute atomic E-state index is 0.122. The second kappa shape index (κ2) is 7.34. The molecular weight excluding hydrogens is 428 g/mol. The molecule has 2 N–H and O–H groups in total. The van der Waals surface area contributed by atoms with E-state index in [1.807, 2.05) is 24.3 Å². The van der Waals surface area contributed by atoms with Crippen LogP contribution in [0.15, 0.2) is 35.1 Å².